The molecule has 0 saturated heterocycles. The van der Waals surface area contributed by atoms with E-state index in [1.54, 1.807) is 7.11 Å². The Hall–Kier alpha value is -1.36. The lowest BCUT2D eigenvalue weighted by atomic mass is 9.80. The molecule has 106 valence electrons. The predicted molar refractivity (Wildman–Crippen MR) is 77.3 cm³/mol. The number of hydrogen-bond acceptors (Lipinski definition) is 5. The van der Waals surface area contributed by atoms with Crippen molar-refractivity contribution in [3.8, 4) is 0 Å². The molecule has 1 atom stereocenters. The first-order valence-corrected chi connectivity index (χ1v) is 7.10. The summed E-state index contributed by atoms with van der Waals surface area (Å²) in [6, 6.07) is 2.44. The van der Waals surface area contributed by atoms with Gasteiger partial charge in [-0.3, -0.25) is 0 Å². The van der Waals surface area contributed by atoms with Gasteiger partial charge in [0.1, 0.15) is 18.2 Å². The summed E-state index contributed by atoms with van der Waals surface area (Å²) in [7, 11) is 1.66. The van der Waals surface area contributed by atoms with Gasteiger partial charge < -0.3 is 15.4 Å². The fourth-order valence-electron chi connectivity index (χ4n) is 2.33. The third-order valence-corrected chi connectivity index (χ3v) is 3.64. The molecule has 5 heteroatoms. The Morgan fingerprint density at radius 3 is 2.68 bits per heavy atom. The van der Waals surface area contributed by atoms with E-state index in [1.807, 2.05) is 6.07 Å². The molecular formula is C14H24N4O. The molecule has 0 spiro atoms. The molecule has 0 aliphatic heterocycles. The van der Waals surface area contributed by atoms with Crippen molar-refractivity contribution in [1.29, 1.82) is 0 Å². The topological polar surface area (TPSA) is 59.1 Å². The summed E-state index contributed by atoms with van der Waals surface area (Å²) in [5, 5.41) is 6.73. The smallest absolute Gasteiger partial charge is 0.158 e. The van der Waals surface area contributed by atoms with Crippen molar-refractivity contribution in [1.82, 2.24) is 9.97 Å². The summed E-state index contributed by atoms with van der Waals surface area (Å²) < 4.78 is 5.12. The Morgan fingerprint density at radius 2 is 2.11 bits per heavy atom. The zero-order valence-corrected chi connectivity index (χ0v) is 12.1. The lowest BCUT2D eigenvalue weighted by Crippen LogP contribution is -2.31. The molecule has 0 bridgehead atoms. The van der Waals surface area contributed by atoms with Crippen molar-refractivity contribution < 1.29 is 4.74 Å². The Bertz CT molecular complexity index is 382. The molecule has 1 saturated carbocycles. The zero-order valence-electron chi connectivity index (χ0n) is 12.1. The van der Waals surface area contributed by atoms with Crippen molar-refractivity contribution in [3.05, 3.63) is 11.9 Å². The molecule has 2 rings (SSSR count). The second kappa shape index (κ2) is 6.70. The Labute approximate surface area is 115 Å². The van der Waals surface area contributed by atoms with E-state index in [-0.39, 0.29) is 0 Å². The fourth-order valence-corrected chi connectivity index (χ4v) is 2.33. The second-order valence-electron chi connectivity index (χ2n) is 5.14. The van der Waals surface area contributed by atoms with Crippen LogP contribution in [0.3, 0.4) is 0 Å². The first-order valence-electron chi connectivity index (χ1n) is 7.10. The number of anilines is 2. The molecule has 1 aromatic heterocycles. The van der Waals surface area contributed by atoms with Gasteiger partial charge in [0.15, 0.2) is 5.82 Å². The maximum absolute atomic E-state index is 5.12. The van der Waals surface area contributed by atoms with Crippen LogP contribution >= 0.6 is 0 Å². The van der Waals surface area contributed by atoms with Gasteiger partial charge in [0.05, 0.1) is 0 Å². The minimum Gasteiger partial charge on any atom is -0.377 e. The molecule has 1 aliphatic carbocycles. The maximum Gasteiger partial charge on any atom is 0.158 e. The summed E-state index contributed by atoms with van der Waals surface area (Å²) >= 11 is 0. The van der Waals surface area contributed by atoms with Crippen LogP contribution in [0.2, 0.25) is 0 Å². The van der Waals surface area contributed by atoms with Crippen LogP contribution in [0, 0.1) is 5.92 Å². The molecular weight excluding hydrogens is 240 g/mol. The summed E-state index contributed by atoms with van der Waals surface area (Å²) in [6.45, 7) is 5.57. The molecule has 0 amide bonds. The first kappa shape index (κ1) is 14.1. The molecule has 0 aromatic carbocycles. The van der Waals surface area contributed by atoms with E-state index < -0.39 is 0 Å². The summed E-state index contributed by atoms with van der Waals surface area (Å²) in [6.07, 6.45) is 4.01. The Morgan fingerprint density at radius 1 is 1.37 bits per heavy atom. The lowest BCUT2D eigenvalue weighted by Gasteiger charge is -2.32. The van der Waals surface area contributed by atoms with Crippen LogP contribution in [0.5, 0.6) is 0 Å². The van der Waals surface area contributed by atoms with E-state index in [0.29, 0.717) is 18.5 Å². The normalized spacial score (nSPS) is 16.8. The van der Waals surface area contributed by atoms with Crippen LogP contribution in [-0.4, -0.2) is 29.7 Å². The van der Waals surface area contributed by atoms with Gasteiger partial charge in [0.25, 0.3) is 0 Å². The third-order valence-electron chi connectivity index (χ3n) is 3.64. The predicted octanol–water partition coefficient (Wildman–Crippen LogP) is 2.66. The summed E-state index contributed by atoms with van der Waals surface area (Å²) in [4.78, 5) is 8.91. The van der Waals surface area contributed by atoms with Gasteiger partial charge in [-0.05, 0) is 32.6 Å². The Kier molecular flexibility index (Phi) is 4.96. The largest absolute Gasteiger partial charge is 0.377 e. The quantitative estimate of drug-likeness (QED) is 0.793. The van der Waals surface area contributed by atoms with Crippen LogP contribution < -0.4 is 10.6 Å². The van der Waals surface area contributed by atoms with Gasteiger partial charge in [0, 0.05) is 25.8 Å². The minimum absolute atomic E-state index is 0.436. The monoisotopic (exact) mass is 264 g/mol. The summed E-state index contributed by atoms with van der Waals surface area (Å²) in [5.41, 5.74) is 0. The molecule has 19 heavy (non-hydrogen) atoms. The van der Waals surface area contributed by atoms with Gasteiger partial charge in [-0.1, -0.05) is 6.42 Å². The SMILES string of the molecule is CCNc1cc(NC(C)C2CCC2)nc(COC)n1. The molecule has 2 N–H and O–H groups in total. The van der Waals surface area contributed by atoms with E-state index in [9.17, 15) is 0 Å². The average Bonchev–Trinajstić information content (AvgIpc) is 2.26. The van der Waals surface area contributed by atoms with Gasteiger partial charge in [0.2, 0.25) is 0 Å². The Balaban J connectivity index is 2.08. The van der Waals surface area contributed by atoms with Gasteiger partial charge in [-0.15, -0.1) is 0 Å². The number of rotatable bonds is 7. The molecule has 0 radical (unpaired) electrons. The van der Waals surface area contributed by atoms with Crippen LogP contribution in [0.4, 0.5) is 11.6 Å². The number of ether oxygens (including phenoxy) is 1. The van der Waals surface area contributed by atoms with E-state index in [0.717, 1.165) is 24.1 Å². The number of nitrogens with zero attached hydrogens (tertiary/aromatic N) is 2. The van der Waals surface area contributed by atoms with Crippen LogP contribution in [0.25, 0.3) is 0 Å². The van der Waals surface area contributed by atoms with Crippen molar-refractivity contribution >= 4 is 11.6 Å². The van der Waals surface area contributed by atoms with Crippen LogP contribution in [-0.2, 0) is 11.3 Å². The zero-order chi connectivity index (χ0) is 13.7. The van der Waals surface area contributed by atoms with E-state index in [4.69, 9.17) is 4.74 Å². The first-order chi connectivity index (χ1) is 9.22. The number of nitrogens with one attached hydrogen (secondary N) is 2. The van der Waals surface area contributed by atoms with Gasteiger partial charge in [-0.2, -0.15) is 0 Å². The van der Waals surface area contributed by atoms with Crippen molar-refractivity contribution in [2.75, 3.05) is 24.3 Å². The standard InChI is InChI=1S/C14H24N4O/c1-4-15-12-8-13(18-14(17-12)9-19-3)16-10(2)11-6-5-7-11/h8,10-11H,4-7,9H2,1-3H3,(H2,15,16,17,18). The molecule has 1 fully saturated rings. The highest BCUT2D eigenvalue weighted by molar-refractivity contribution is 5.48. The van der Waals surface area contributed by atoms with Crippen LogP contribution in [0.1, 0.15) is 38.9 Å². The average molecular weight is 264 g/mol. The molecule has 5 nitrogen and oxygen atoms in total. The molecule has 1 unspecified atom stereocenters. The molecule has 1 aromatic rings. The number of hydrogen-bond donors (Lipinski definition) is 2. The van der Waals surface area contributed by atoms with Crippen LogP contribution in [0.15, 0.2) is 6.07 Å². The third kappa shape index (κ3) is 3.80. The van der Waals surface area contributed by atoms with Crippen molar-refractivity contribution in [3.63, 3.8) is 0 Å². The van der Waals surface area contributed by atoms with Crippen molar-refractivity contribution in [2.45, 2.75) is 45.8 Å². The maximum atomic E-state index is 5.12. The van der Waals surface area contributed by atoms with E-state index in [2.05, 4.69) is 34.4 Å². The van der Waals surface area contributed by atoms with Crippen molar-refractivity contribution in [2.24, 2.45) is 5.92 Å². The lowest BCUT2D eigenvalue weighted by molar-refractivity contribution is 0.178. The number of aromatic nitrogens is 2. The molecule has 1 aliphatic rings. The minimum atomic E-state index is 0.436. The fraction of sp³-hybridized carbons (Fsp3) is 0.714. The summed E-state index contributed by atoms with van der Waals surface area (Å²) in [5.74, 6) is 3.23. The highest BCUT2D eigenvalue weighted by Gasteiger charge is 2.24. The van der Waals surface area contributed by atoms with Gasteiger partial charge in [-0.25, -0.2) is 9.97 Å². The second-order valence-corrected chi connectivity index (χ2v) is 5.14. The van der Waals surface area contributed by atoms with E-state index >= 15 is 0 Å². The molecule has 1 heterocycles. The highest BCUT2D eigenvalue weighted by Crippen LogP contribution is 2.30. The number of methoxy groups -OCH3 is 1. The highest BCUT2D eigenvalue weighted by atomic mass is 16.5. The van der Waals surface area contributed by atoms with Gasteiger partial charge >= 0.3 is 0 Å². The van der Waals surface area contributed by atoms with E-state index in [1.165, 1.54) is 19.3 Å².